The summed E-state index contributed by atoms with van der Waals surface area (Å²) < 4.78 is 5.51. The zero-order valence-corrected chi connectivity index (χ0v) is 22.2. The van der Waals surface area contributed by atoms with Crippen LogP contribution in [0.25, 0.3) is 0 Å². The van der Waals surface area contributed by atoms with Crippen LogP contribution in [0.2, 0.25) is 0 Å². The van der Waals surface area contributed by atoms with Crippen molar-refractivity contribution in [2.24, 2.45) is 23.7 Å². The van der Waals surface area contributed by atoms with Gasteiger partial charge in [-0.2, -0.15) is 0 Å². The third kappa shape index (κ3) is 16.1. The van der Waals surface area contributed by atoms with Gasteiger partial charge >= 0.3 is 5.97 Å². The number of rotatable bonds is 22. The highest BCUT2D eigenvalue weighted by Gasteiger charge is 2.21. The van der Waals surface area contributed by atoms with Gasteiger partial charge < -0.3 is 20.1 Å². The Morgan fingerprint density at radius 1 is 0.735 bits per heavy atom. The summed E-state index contributed by atoms with van der Waals surface area (Å²) >= 11 is 0. The second-order valence-corrected chi connectivity index (χ2v) is 10.9. The highest BCUT2D eigenvalue weighted by atomic mass is 16.5. The van der Waals surface area contributed by atoms with Crippen molar-refractivity contribution in [1.82, 2.24) is 0 Å². The summed E-state index contributed by atoms with van der Waals surface area (Å²) in [5, 5.41) is 28.4. The van der Waals surface area contributed by atoms with Crippen LogP contribution in [0.1, 0.15) is 129 Å². The van der Waals surface area contributed by atoms with E-state index in [-0.39, 0.29) is 25.8 Å². The summed E-state index contributed by atoms with van der Waals surface area (Å²) in [5.41, 5.74) is 0. The normalized spacial score (nSPS) is 20.2. The first kappa shape index (κ1) is 31.4. The molecule has 0 radical (unpaired) electrons. The van der Waals surface area contributed by atoms with Gasteiger partial charge in [-0.1, -0.05) is 58.3 Å². The molecule has 0 heterocycles. The maximum Gasteiger partial charge on any atom is 0.305 e. The molecule has 1 saturated carbocycles. The smallest absolute Gasteiger partial charge is 0.305 e. The third-order valence-corrected chi connectivity index (χ3v) is 7.94. The largest absolute Gasteiger partial charge is 0.465 e. The Balaban J connectivity index is 1.98. The molecule has 5 nitrogen and oxygen atoms in total. The van der Waals surface area contributed by atoms with E-state index in [1.165, 1.54) is 25.7 Å². The fraction of sp³-hybridized carbons (Fsp3) is 0.966. The van der Waals surface area contributed by atoms with Gasteiger partial charge in [0.15, 0.2) is 0 Å². The summed E-state index contributed by atoms with van der Waals surface area (Å²) in [6.07, 6.45) is 20.6. The van der Waals surface area contributed by atoms with Crippen LogP contribution in [0.3, 0.4) is 0 Å². The predicted octanol–water partition coefficient (Wildman–Crippen LogP) is 6.42. The maximum atomic E-state index is 12.0. The standard InChI is InChI=1S/C29H56O5/c1-2-3-4-8-11-26(22-31)16-17-27(23-32)12-9-6-5-7-10-13-29(33)34-24-28-18-14-25(15-19-28)20-21-30/h25-28,30-32H,2-24H2,1H3. The van der Waals surface area contributed by atoms with Crippen molar-refractivity contribution >= 4 is 5.97 Å². The molecular formula is C29H56O5. The lowest BCUT2D eigenvalue weighted by atomic mass is 9.81. The lowest BCUT2D eigenvalue weighted by Gasteiger charge is -2.27. The maximum absolute atomic E-state index is 12.0. The molecule has 0 bridgehead atoms. The van der Waals surface area contributed by atoms with Crippen LogP contribution in [-0.2, 0) is 9.53 Å². The van der Waals surface area contributed by atoms with Crippen LogP contribution in [0.15, 0.2) is 0 Å². The first-order valence-electron chi connectivity index (χ1n) is 14.6. The van der Waals surface area contributed by atoms with E-state index in [4.69, 9.17) is 9.84 Å². The number of aliphatic hydroxyl groups excluding tert-OH is 3. The summed E-state index contributed by atoms with van der Waals surface area (Å²) in [7, 11) is 0. The van der Waals surface area contributed by atoms with Crippen molar-refractivity contribution in [1.29, 1.82) is 0 Å². The van der Waals surface area contributed by atoms with Gasteiger partial charge in [0.25, 0.3) is 0 Å². The van der Waals surface area contributed by atoms with Gasteiger partial charge in [0.05, 0.1) is 6.61 Å². The fourth-order valence-corrected chi connectivity index (χ4v) is 5.37. The lowest BCUT2D eigenvalue weighted by Crippen LogP contribution is -2.21. The van der Waals surface area contributed by atoms with Crippen LogP contribution in [0, 0.1) is 23.7 Å². The number of esters is 1. The molecule has 5 heteroatoms. The number of hydrogen-bond acceptors (Lipinski definition) is 5. The fourth-order valence-electron chi connectivity index (χ4n) is 5.37. The zero-order chi connectivity index (χ0) is 24.9. The van der Waals surface area contributed by atoms with Crippen molar-refractivity contribution < 1.29 is 24.9 Å². The van der Waals surface area contributed by atoms with E-state index in [2.05, 4.69) is 6.92 Å². The number of carbonyl (C=O) groups is 1. The van der Waals surface area contributed by atoms with Crippen molar-refractivity contribution in [3.05, 3.63) is 0 Å². The second kappa shape index (κ2) is 21.6. The van der Waals surface area contributed by atoms with E-state index in [1.54, 1.807) is 0 Å². The highest BCUT2D eigenvalue weighted by Crippen LogP contribution is 2.30. The molecule has 0 spiro atoms. The number of hydrogen-bond donors (Lipinski definition) is 3. The molecule has 1 fully saturated rings. The Morgan fingerprint density at radius 2 is 1.26 bits per heavy atom. The quantitative estimate of drug-likeness (QED) is 0.122. The molecule has 0 amide bonds. The van der Waals surface area contributed by atoms with Gasteiger partial charge in [0.2, 0.25) is 0 Å². The number of unbranched alkanes of at least 4 members (excludes halogenated alkanes) is 7. The van der Waals surface area contributed by atoms with Crippen LogP contribution in [-0.4, -0.2) is 47.7 Å². The van der Waals surface area contributed by atoms with Crippen LogP contribution in [0.4, 0.5) is 0 Å². The molecule has 1 aliphatic rings. The molecule has 2 unspecified atom stereocenters. The van der Waals surface area contributed by atoms with Gasteiger partial charge in [-0.3, -0.25) is 4.79 Å². The summed E-state index contributed by atoms with van der Waals surface area (Å²) in [6.45, 7) is 3.61. The van der Waals surface area contributed by atoms with Crippen molar-refractivity contribution in [3.63, 3.8) is 0 Å². The minimum absolute atomic E-state index is 0.0500. The van der Waals surface area contributed by atoms with E-state index in [9.17, 15) is 15.0 Å². The van der Waals surface area contributed by atoms with Gasteiger partial charge in [-0.25, -0.2) is 0 Å². The van der Waals surface area contributed by atoms with E-state index in [0.29, 0.717) is 36.7 Å². The Kier molecular flexibility index (Phi) is 20.0. The molecule has 202 valence electrons. The van der Waals surface area contributed by atoms with Crippen molar-refractivity contribution in [3.8, 4) is 0 Å². The molecule has 0 aromatic heterocycles. The molecule has 34 heavy (non-hydrogen) atoms. The monoisotopic (exact) mass is 484 g/mol. The van der Waals surface area contributed by atoms with Crippen LogP contribution >= 0.6 is 0 Å². The molecule has 2 atom stereocenters. The first-order chi connectivity index (χ1) is 16.6. The molecule has 0 saturated heterocycles. The second-order valence-electron chi connectivity index (χ2n) is 10.9. The van der Waals surface area contributed by atoms with Gasteiger partial charge in [0.1, 0.15) is 0 Å². The Labute approximate surface area is 210 Å². The van der Waals surface area contributed by atoms with Crippen molar-refractivity contribution in [2.75, 3.05) is 26.4 Å². The van der Waals surface area contributed by atoms with Crippen LogP contribution < -0.4 is 0 Å². The van der Waals surface area contributed by atoms with Gasteiger partial charge in [0, 0.05) is 26.2 Å². The van der Waals surface area contributed by atoms with Crippen LogP contribution in [0.5, 0.6) is 0 Å². The zero-order valence-electron chi connectivity index (χ0n) is 22.2. The third-order valence-electron chi connectivity index (χ3n) is 7.94. The summed E-state index contributed by atoms with van der Waals surface area (Å²) in [4.78, 5) is 12.0. The minimum atomic E-state index is -0.0500. The summed E-state index contributed by atoms with van der Waals surface area (Å²) in [6, 6.07) is 0. The van der Waals surface area contributed by atoms with Gasteiger partial charge in [-0.15, -0.1) is 0 Å². The van der Waals surface area contributed by atoms with E-state index < -0.39 is 0 Å². The molecule has 3 N–H and O–H groups in total. The molecule has 1 aliphatic carbocycles. The molecular weight excluding hydrogens is 428 g/mol. The molecule has 0 aliphatic heterocycles. The van der Waals surface area contributed by atoms with Crippen molar-refractivity contribution in [2.45, 2.75) is 129 Å². The minimum Gasteiger partial charge on any atom is -0.465 e. The predicted molar refractivity (Wildman–Crippen MR) is 140 cm³/mol. The Morgan fingerprint density at radius 3 is 1.82 bits per heavy atom. The highest BCUT2D eigenvalue weighted by molar-refractivity contribution is 5.69. The Bertz CT molecular complexity index is 461. The first-order valence-corrected chi connectivity index (χ1v) is 14.6. The Hall–Kier alpha value is -0.650. The number of carbonyl (C=O) groups excluding carboxylic acids is 1. The number of ether oxygens (including phenoxy) is 1. The summed E-state index contributed by atoms with van der Waals surface area (Å²) in [5.74, 6) is 1.87. The molecule has 0 aromatic carbocycles. The number of aliphatic hydroxyl groups is 3. The molecule has 1 rings (SSSR count). The average Bonchev–Trinajstić information content (AvgIpc) is 2.86. The average molecular weight is 485 g/mol. The SMILES string of the molecule is CCCCCCC(CO)CCC(CO)CCCCCCCC(=O)OCC1CCC(CCO)CC1. The van der Waals surface area contributed by atoms with Gasteiger partial charge in [-0.05, 0) is 87.9 Å². The molecule has 0 aromatic rings. The van der Waals surface area contributed by atoms with E-state index in [1.807, 2.05) is 0 Å². The van der Waals surface area contributed by atoms with E-state index >= 15 is 0 Å². The topological polar surface area (TPSA) is 87.0 Å². The van der Waals surface area contributed by atoms with E-state index in [0.717, 1.165) is 89.9 Å². The lowest BCUT2D eigenvalue weighted by molar-refractivity contribution is -0.145.